The molecule has 8 nitrogen and oxygen atoms in total. The first kappa shape index (κ1) is 27.8. The van der Waals surface area contributed by atoms with Gasteiger partial charge in [-0.05, 0) is 57.4 Å². The number of anilines is 1. The third kappa shape index (κ3) is 5.21. The van der Waals surface area contributed by atoms with Crippen molar-refractivity contribution in [3.05, 3.63) is 54.1 Å². The monoisotopic (exact) mass is 540 g/mol. The van der Waals surface area contributed by atoms with Gasteiger partial charge in [0.2, 0.25) is 5.91 Å². The van der Waals surface area contributed by atoms with Gasteiger partial charge in [-0.3, -0.25) is 9.69 Å². The summed E-state index contributed by atoms with van der Waals surface area (Å²) in [6.45, 7) is 9.49. The van der Waals surface area contributed by atoms with Gasteiger partial charge < -0.3 is 19.5 Å². The lowest BCUT2D eigenvalue weighted by Gasteiger charge is -2.39. The number of amides is 2. The average Bonchev–Trinajstić information content (AvgIpc) is 3.32. The first-order chi connectivity index (χ1) is 17.8. The summed E-state index contributed by atoms with van der Waals surface area (Å²) in [6.07, 6.45) is -0.149. The van der Waals surface area contributed by atoms with Crippen LogP contribution >= 0.6 is 11.8 Å². The molecule has 1 saturated heterocycles. The molecule has 0 aliphatic carbocycles. The highest BCUT2D eigenvalue weighted by atomic mass is 32.2. The van der Waals surface area contributed by atoms with Crippen LogP contribution in [-0.4, -0.2) is 59.5 Å². The predicted molar refractivity (Wildman–Crippen MR) is 147 cm³/mol. The Kier molecular flexibility index (Phi) is 7.45. The van der Waals surface area contributed by atoms with Gasteiger partial charge in [-0.25, -0.2) is 9.59 Å². The van der Waals surface area contributed by atoms with Crippen LogP contribution in [0.25, 0.3) is 0 Å². The molecule has 38 heavy (non-hydrogen) atoms. The van der Waals surface area contributed by atoms with Gasteiger partial charge in [-0.2, -0.15) is 0 Å². The number of rotatable bonds is 6. The molecule has 1 spiro atoms. The minimum atomic E-state index is -1.17. The molecule has 4 rings (SSSR count). The van der Waals surface area contributed by atoms with Crippen molar-refractivity contribution in [1.29, 1.82) is 0 Å². The number of benzene rings is 2. The van der Waals surface area contributed by atoms with E-state index in [0.717, 1.165) is 10.5 Å². The van der Waals surface area contributed by atoms with Crippen molar-refractivity contribution < 1.29 is 28.6 Å². The fourth-order valence-electron chi connectivity index (χ4n) is 5.52. The average molecular weight is 541 g/mol. The number of thioether (sulfide) groups is 1. The van der Waals surface area contributed by atoms with Crippen LogP contribution in [0.5, 0.6) is 5.75 Å². The van der Waals surface area contributed by atoms with Crippen LogP contribution in [0.2, 0.25) is 0 Å². The molecule has 0 bridgehead atoms. The van der Waals surface area contributed by atoms with Crippen LogP contribution in [0.15, 0.2) is 53.4 Å². The maximum absolute atomic E-state index is 13.9. The van der Waals surface area contributed by atoms with Crippen LogP contribution in [-0.2, 0) is 24.5 Å². The first-order valence-corrected chi connectivity index (χ1v) is 13.5. The minimum Gasteiger partial charge on any atom is -0.497 e. The number of methoxy groups -OCH3 is 2. The van der Waals surface area contributed by atoms with Crippen molar-refractivity contribution in [2.45, 2.75) is 80.2 Å². The number of hydrogen-bond donors (Lipinski definition) is 1. The van der Waals surface area contributed by atoms with Crippen LogP contribution in [0.3, 0.4) is 0 Å². The molecular weight excluding hydrogens is 504 g/mol. The van der Waals surface area contributed by atoms with E-state index in [0.29, 0.717) is 17.9 Å². The lowest BCUT2D eigenvalue weighted by molar-refractivity contribution is -0.146. The van der Waals surface area contributed by atoms with Gasteiger partial charge in [0.1, 0.15) is 17.4 Å². The Balaban J connectivity index is 1.86. The number of ether oxygens (including phenoxy) is 3. The summed E-state index contributed by atoms with van der Waals surface area (Å²) >= 11 is 1.66. The number of carbonyl (C=O) groups excluding carboxylic acids is 3. The van der Waals surface area contributed by atoms with Gasteiger partial charge >= 0.3 is 12.1 Å². The highest BCUT2D eigenvalue weighted by molar-refractivity contribution is 8.00. The third-order valence-electron chi connectivity index (χ3n) is 7.02. The summed E-state index contributed by atoms with van der Waals surface area (Å²) in [5, 5.41) is 3.00. The fraction of sp³-hybridized carbons (Fsp3) is 0.483. The minimum absolute atomic E-state index is 0.0842. The van der Waals surface area contributed by atoms with Crippen molar-refractivity contribution in [1.82, 2.24) is 4.90 Å². The molecule has 2 aromatic carbocycles. The van der Waals surface area contributed by atoms with Gasteiger partial charge in [-0.1, -0.05) is 38.1 Å². The second-order valence-electron chi connectivity index (χ2n) is 11.4. The van der Waals surface area contributed by atoms with Gasteiger partial charge in [0.05, 0.1) is 25.7 Å². The Bertz CT molecular complexity index is 1230. The summed E-state index contributed by atoms with van der Waals surface area (Å²) in [5.41, 5.74) is -0.627. The lowest BCUT2D eigenvalue weighted by Crippen LogP contribution is -2.53. The summed E-state index contributed by atoms with van der Waals surface area (Å²) in [4.78, 5) is 43.3. The van der Waals surface area contributed by atoms with E-state index in [4.69, 9.17) is 14.2 Å². The molecule has 2 aliphatic rings. The fourth-order valence-corrected chi connectivity index (χ4v) is 6.69. The summed E-state index contributed by atoms with van der Waals surface area (Å²) in [7, 11) is 2.85. The molecular formula is C29H36N2O6S. The Labute approximate surface area is 228 Å². The number of hydrogen-bond acceptors (Lipinski definition) is 7. The molecule has 1 N–H and O–H groups in total. The van der Waals surface area contributed by atoms with Gasteiger partial charge in [0.25, 0.3) is 0 Å². The third-order valence-corrected chi connectivity index (χ3v) is 8.24. The zero-order valence-electron chi connectivity index (χ0n) is 23.0. The van der Waals surface area contributed by atoms with Crippen LogP contribution in [0, 0.1) is 0 Å². The first-order valence-electron chi connectivity index (χ1n) is 12.6. The number of likely N-dealkylation sites (tertiary alicyclic amines) is 1. The van der Waals surface area contributed by atoms with Gasteiger partial charge in [0.15, 0.2) is 0 Å². The largest absolute Gasteiger partial charge is 0.497 e. The highest BCUT2D eigenvalue weighted by Crippen LogP contribution is 2.54. The highest BCUT2D eigenvalue weighted by Gasteiger charge is 2.65. The standard InChI is InChI=1S/C29H36N2O6S/c1-27(2,3)37-26(34)31-22(24(32)36-7)16-29(20-14-13-18(35-6)15-21(20)30-25(29)33)23(31)17-28(4,5)38-19-11-9-8-10-12-19/h8-15,22-23H,16-17H2,1-7H3,(H,30,33)/t22-,23-,29-/m0/s1. The zero-order valence-corrected chi connectivity index (χ0v) is 23.8. The van der Waals surface area contributed by atoms with E-state index in [-0.39, 0.29) is 12.3 Å². The number of nitrogens with zero attached hydrogens (tertiary/aromatic N) is 1. The smallest absolute Gasteiger partial charge is 0.411 e. The van der Waals surface area contributed by atoms with Crippen LogP contribution in [0.4, 0.5) is 10.5 Å². The van der Waals surface area contributed by atoms with Crippen molar-refractivity contribution >= 4 is 35.4 Å². The van der Waals surface area contributed by atoms with E-state index in [1.807, 2.05) is 36.4 Å². The Hall–Kier alpha value is -3.20. The van der Waals surface area contributed by atoms with Crippen molar-refractivity contribution in [3.63, 3.8) is 0 Å². The molecule has 0 unspecified atom stereocenters. The lowest BCUT2D eigenvalue weighted by atomic mass is 9.72. The Morgan fingerprint density at radius 1 is 1.08 bits per heavy atom. The van der Waals surface area contributed by atoms with Crippen molar-refractivity contribution in [3.8, 4) is 5.75 Å². The van der Waals surface area contributed by atoms with E-state index in [9.17, 15) is 14.4 Å². The van der Waals surface area contributed by atoms with E-state index < -0.39 is 39.9 Å². The van der Waals surface area contributed by atoms with Gasteiger partial charge in [0, 0.05) is 21.4 Å². The molecule has 2 aliphatic heterocycles. The molecule has 2 aromatic rings. The number of carbonyl (C=O) groups is 3. The zero-order chi connectivity index (χ0) is 27.9. The van der Waals surface area contributed by atoms with Crippen LogP contribution in [0.1, 0.15) is 53.0 Å². The SMILES string of the molecule is COC(=O)[C@@H]1C[C@@]2(C(=O)Nc3cc(OC)ccc32)[C@H](CC(C)(C)Sc2ccccc2)N1C(=O)OC(C)(C)C. The van der Waals surface area contributed by atoms with Crippen molar-refractivity contribution in [2.24, 2.45) is 0 Å². The van der Waals surface area contributed by atoms with E-state index in [2.05, 4.69) is 19.2 Å². The summed E-state index contributed by atoms with van der Waals surface area (Å²) < 4.78 is 15.9. The summed E-state index contributed by atoms with van der Waals surface area (Å²) in [5.74, 6) is -0.239. The predicted octanol–water partition coefficient (Wildman–Crippen LogP) is 5.40. The summed E-state index contributed by atoms with van der Waals surface area (Å²) in [6, 6.07) is 13.7. The topological polar surface area (TPSA) is 94.2 Å². The number of nitrogens with one attached hydrogen (secondary N) is 1. The van der Waals surface area contributed by atoms with Gasteiger partial charge in [-0.15, -0.1) is 11.8 Å². The Morgan fingerprint density at radius 3 is 2.37 bits per heavy atom. The molecule has 2 amide bonds. The molecule has 0 aromatic heterocycles. The second-order valence-corrected chi connectivity index (χ2v) is 13.1. The molecule has 3 atom stereocenters. The van der Waals surface area contributed by atoms with E-state index >= 15 is 0 Å². The molecule has 1 fully saturated rings. The Morgan fingerprint density at radius 2 is 1.76 bits per heavy atom. The quantitative estimate of drug-likeness (QED) is 0.387. The molecule has 204 valence electrons. The van der Waals surface area contributed by atoms with Crippen molar-refractivity contribution in [2.75, 3.05) is 19.5 Å². The second kappa shape index (κ2) is 10.2. The number of esters is 1. The number of fused-ring (bicyclic) bond motifs is 2. The molecule has 2 heterocycles. The maximum atomic E-state index is 13.9. The normalized spacial score (nSPS) is 22.7. The molecule has 0 radical (unpaired) electrons. The molecule has 0 saturated carbocycles. The van der Waals surface area contributed by atoms with E-state index in [1.54, 1.807) is 51.8 Å². The molecule has 9 heteroatoms. The van der Waals surface area contributed by atoms with E-state index in [1.165, 1.54) is 12.0 Å². The maximum Gasteiger partial charge on any atom is 0.411 e. The van der Waals surface area contributed by atoms with Crippen LogP contribution < -0.4 is 10.1 Å².